The predicted molar refractivity (Wildman–Crippen MR) is 65.8 cm³/mol. The van der Waals surface area contributed by atoms with Crippen LogP contribution in [0.3, 0.4) is 0 Å². The van der Waals surface area contributed by atoms with E-state index in [4.69, 9.17) is 23.2 Å². The van der Waals surface area contributed by atoms with E-state index in [2.05, 4.69) is 0 Å². The third-order valence-electron chi connectivity index (χ3n) is 2.44. The van der Waals surface area contributed by atoms with Gasteiger partial charge in [0.15, 0.2) is 0 Å². The van der Waals surface area contributed by atoms with E-state index in [1.54, 1.807) is 28.9 Å². The number of hydrogen-bond donors (Lipinski definition) is 0. The molecule has 0 aliphatic carbocycles. The Balaban J connectivity index is 2.72. The summed E-state index contributed by atoms with van der Waals surface area (Å²) in [5.74, 6) is 0. The van der Waals surface area contributed by atoms with E-state index < -0.39 is 0 Å². The van der Waals surface area contributed by atoms with Crippen LogP contribution in [0.15, 0.2) is 29.1 Å². The molecule has 2 rings (SSSR count). The molecule has 1 aromatic heterocycles. The average molecular weight is 257 g/mol. The van der Waals surface area contributed by atoms with E-state index in [9.17, 15) is 4.79 Å². The lowest BCUT2D eigenvalue weighted by atomic mass is 10.3. The van der Waals surface area contributed by atoms with Gasteiger partial charge in [-0.3, -0.25) is 9.48 Å². The van der Waals surface area contributed by atoms with Gasteiger partial charge < -0.3 is 0 Å². The third-order valence-corrected chi connectivity index (χ3v) is 2.88. The van der Waals surface area contributed by atoms with Crippen LogP contribution in [0.5, 0.6) is 0 Å². The first-order valence-corrected chi connectivity index (χ1v) is 5.47. The second-order valence-corrected chi connectivity index (χ2v) is 4.46. The van der Waals surface area contributed by atoms with Crippen LogP contribution in [-0.2, 0) is 7.05 Å². The molecule has 0 saturated carbocycles. The number of hydrogen-bond acceptors (Lipinski definition) is 1. The molecule has 0 saturated heterocycles. The Labute approximate surface area is 103 Å². The first-order valence-electron chi connectivity index (χ1n) is 4.71. The number of halogens is 2. The summed E-state index contributed by atoms with van der Waals surface area (Å²) < 4.78 is 3.28. The Morgan fingerprint density at radius 1 is 1.06 bits per heavy atom. The van der Waals surface area contributed by atoms with Gasteiger partial charge in [0, 0.05) is 28.9 Å². The molecule has 0 unspecified atom stereocenters. The smallest absolute Gasteiger partial charge is 0.271 e. The summed E-state index contributed by atoms with van der Waals surface area (Å²) in [6.07, 6.45) is 0. The summed E-state index contributed by atoms with van der Waals surface area (Å²) in [5, 5.41) is 1.02. The van der Waals surface area contributed by atoms with Crippen molar-refractivity contribution < 1.29 is 0 Å². The molecule has 0 spiro atoms. The molecule has 16 heavy (non-hydrogen) atoms. The number of benzene rings is 1. The highest BCUT2D eigenvalue weighted by atomic mass is 35.5. The maximum atomic E-state index is 11.7. The lowest BCUT2D eigenvalue weighted by molar-refractivity contribution is 0.630. The zero-order valence-electron chi connectivity index (χ0n) is 8.87. The van der Waals surface area contributed by atoms with E-state index in [1.165, 1.54) is 4.68 Å². The van der Waals surface area contributed by atoms with Crippen molar-refractivity contribution in [3.63, 3.8) is 0 Å². The molecule has 0 fully saturated rings. The van der Waals surface area contributed by atoms with Crippen LogP contribution in [0, 0.1) is 6.92 Å². The molecule has 5 heteroatoms. The Morgan fingerprint density at radius 2 is 1.62 bits per heavy atom. The molecule has 0 N–H and O–H groups in total. The largest absolute Gasteiger partial charge is 0.285 e. The standard InChI is InChI=1S/C11H10Cl2N2O/c1-7-3-11(16)15(14(7)2)10-5-8(12)4-9(13)6-10/h3-6H,1-2H3. The van der Waals surface area contributed by atoms with Crippen molar-refractivity contribution in [3.8, 4) is 5.69 Å². The monoisotopic (exact) mass is 256 g/mol. The van der Waals surface area contributed by atoms with Crippen LogP contribution in [0.2, 0.25) is 10.0 Å². The van der Waals surface area contributed by atoms with Gasteiger partial charge >= 0.3 is 0 Å². The summed E-state index contributed by atoms with van der Waals surface area (Å²) in [5.41, 5.74) is 1.44. The fourth-order valence-electron chi connectivity index (χ4n) is 1.60. The maximum Gasteiger partial charge on any atom is 0.271 e. The van der Waals surface area contributed by atoms with Gasteiger partial charge in [-0.15, -0.1) is 0 Å². The molecule has 3 nitrogen and oxygen atoms in total. The van der Waals surface area contributed by atoms with Crippen molar-refractivity contribution in [2.45, 2.75) is 6.92 Å². The minimum absolute atomic E-state index is 0.0988. The van der Waals surface area contributed by atoms with Crippen LogP contribution in [-0.4, -0.2) is 9.36 Å². The van der Waals surface area contributed by atoms with E-state index in [0.29, 0.717) is 15.7 Å². The summed E-state index contributed by atoms with van der Waals surface area (Å²) >= 11 is 11.8. The second kappa shape index (κ2) is 4.00. The highest BCUT2D eigenvalue weighted by molar-refractivity contribution is 6.34. The molecule has 0 aliphatic rings. The van der Waals surface area contributed by atoms with Gasteiger partial charge in [0.25, 0.3) is 5.56 Å². The van der Waals surface area contributed by atoms with Gasteiger partial charge in [-0.25, -0.2) is 4.68 Å². The number of nitrogens with zero attached hydrogens (tertiary/aromatic N) is 2. The zero-order valence-corrected chi connectivity index (χ0v) is 10.4. The van der Waals surface area contributed by atoms with Crippen LogP contribution in [0.1, 0.15) is 5.69 Å². The first-order chi connectivity index (χ1) is 7.49. The molecule has 0 amide bonds. The van der Waals surface area contributed by atoms with Crippen molar-refractivity contribution in [2.75, 3.05) is 0 Å². The van der Waals surface area contributed by atoms with Crippen LogP contribution < -0.4 is 5.56 Å². The Kier molecular flexibility index (Phi) is 2.82. The average Bonchev–Trinajstić information content (AvgIpc) is 2.39. The minimum Gasteiger partial charge on any atom is -0.285 e. The summed E-state index contributed by atoms with van der Waals surface area (Å²) in [6.45, 7) is 1.87. The number of rotatable bonds is 1. The molecule has 0 radical (unpaired) electrons. The molecule has 0 atom stereocenters. The van der Waals surface area contributed by atoms with E-state index in [-0.39, 0.29) is 5.56 Å². The van der Waals surface area contributed by atoms with Crippen LogP contribution in [0.25, 0.3) is 5.69 Å². The van der Waals surface area contributed by atoms with Gasteiger partial charge in [0.2, 0.25) is 0 Å². The fourth-order valence-corrected chi connectivity index (χ4v) is 2.12. The summed E-state index contributed by atoms with van der Waals surface area (Å²) in [6, 6.07) is 6.60. The van der Waals surface area contributed by atoms with Crippen molar-refractivity contribution in [2.24, 2.45) is 7.05 Å². The summed E-state index contributed by atoms with van der Waals surface area (Å²) in [4.78, 5) is 11.7. The van der Waals surface area contributed by atoms with Gasteiger partial charge in [-0.1, -0.05) is 23.2 Å². The quantitative estimate of drug-likeness (QED) is 0.771. The lowest BCUT2D eigenvalue weighted by Crippen LogP contribution is -2.19. The van der Waals surface area contributed by atoms with Crippen molar-refractivity contribution in [1.82, 2.24) is 9.36 Å². The van der Waals surface area contributed by atoms with Gasteiger partial charge in [-0.2, -0.15) is 0 Å². The van der Waals surface area contributed by atoms with Crippen molar-refractivity contribution >= 4 is 23.2 Å². The van der Waals surface area contributed by atoms with Gasteiger partial charge in [-0.05, 0) is 25.1 Å². The van der Waals surface area contributed by atoms with Crippen LogP contribution in [0.4, 0.5) is 0 Å². The molecule has 1 aromatic carbocycles. The Hall–Kier alpha value is -1.19. The Bertz CT molecular complexity index is 578. The SMILES string of the molecule is Cc1cc(=O)n(-c2cc(Cl)cc(Cl)c2)n1C. The normalized spacial score (nSPS) is 10.8. The summed E-state index contributed by atoms with van der Waals surface area (Å²) in [7, 11) is 1.81. The molecular formula is C11H10Cl2N2O. The van der Waals surface area contributed by atoms with Gasteiger partial charge in [0.1, 0.15) is 0 Å². The molecular weight excluding hydrogens is 247 g/mol. The zero-order chi connectivity index (χ0) is 11.9. The van der Waals surface area contributed by atoms with E-state index in [0.717, 1.165) is 5.69 Å². The number of aryl methyl sites for hydroxylation is 1. The van der Waals surface area contributed by atoms with Gasteiger partial charge in [0.05, 0.1) is 5.69 Å². The fraction of sp³-hybridized carbons (Fsp3) is 0.182. The predicted octanol–water partition coefficient (Wildman–Crippen LogP) is 2.79. The number of aromatic nitrogens is 2. The highest BCUT2D eigenvalue weighted by Gasteiger charge is 2.08. The lowest BCUT2D eigenvalue weighted by Gasteiger charge is -2.09. The van der Waals surface area contributed by atoms with Crippen molar-refractivity contribution in [1.29, 1.82) is 0 Å². The molecule has 0 aliphatic heterocycles. The topological polar surface area (TPSA) is 26.9 Å². The molecule has 84 valence electrons. The first kappa shape index (κ1) is 11.3. The van der Waals surface area contributed by atoms with E-state index in [1.807, 2.05) is 14.0 Å². The molecule has 0 bridgehead atoms. The maximum absolute atomic E-state index is 11.7. The highest BCUT2D eigenvalue weighted by Crippen LogP contribution is 2.21. The minimum atomic E-state index is -0.0988. The van der Waals surface area contributed by atoms with Crippen LogP contribution >= 0.6 is 23.2 Å². The third kappa shape index (κ3) is 1.88. The van der Waals surface area contributed by atoms with Crippen molar-refractivity contribution in [3.05, 3.63) is 50.4 Å². The molecule has 2 aromatic rings. The molecule has 1 heterocycles. The Morgan fingerprint density at radius 3 is 2.06 bits per heavy atom. The second-order valence-electron chi connectivity index (χ2n) is 3.59. The van der Waals surface area contributed by atoms with E-state index >= 15 is 0 Å².